The Hall–Kier alpha value is -0.775. The average molecular weight is 256 g/mol. The van der Waals surface area contributed by atoms with Crippen molar-refractivity contribution in [2.24, 2.45) is 0 Å². The van der Waals surface area contributed by atoms with Gasteiger partial charge in [-0.25, -0.2) is 0 Å². The van der Waals surface area contributed by atoms with Crippen molar-refractivity contribution < 1.29 is 14.4 Å². The number of aromatic nitrogens is 1. The van der Waals surface area contributed by atoms with Crippen molar-refractivity contribution in [3.63, 3.8) is 0 Å². The van der Waals surface area contributed by atoms with Gasteiger partial charge in [0.25, 0.3) is 0 Å². The molecule has 0 radical (unpaired) electrons. The molecule has 4 nitrogen and oxygen atoms in total. The fourth-order valence-corrected chi connectivity index (χ4v) is 1.77. The molecular weight excluding hydrogens is 240 g/mol. The molecule has 92 valence electrons. The van der Waals surface area contributed by atoms with E-state index in [4.69, 9.17) is 20.9 Å². The monoisotopic (exact) mass is 255 g/mol. The largest absolute Gasteiger partial charge is 0.505 e. The lowest BCUT2D eigenvalue weighted by Crippen LogP contribution is -2.41. The number of rotatable bonds is 1. The van der Waals surface area contributed by atoms with Gasteiger partial charge in [-0.15, -0.1) is 0 Å². The van der Waals surface area contributed by atoms with E-state index in [0.29, 0.717) is 5.46 Å². The van der Waals surface area contributed by atoms with Crippen molar-refractivity contribution in [3.8, 4) is 5.75 Å². The molecule has 0 aromatic carbocycles. The highest BCUT2D eigenvalue weighted by atomic mass is 35.5. The summed E-state index contributed by atoms with van der Waals surface area (Å²) in [6.07, 6.45) is 2.83. The van der Waals surface area contributed by atoms with Crippen LogP contribution in [-0.2, 0) is 9.31 Å². The maximum Gasteiger partial charge on any atom is 0.498 e. The van der Waals surface area contributed by atoms with Crippen molar-refractivity contribution in [1.29, 1.82) is 0 Å². The van der Waals surface area contributed by atoms with Crippen LogP contribution in [0.4, 0.5) is 0 Å². The summed E-state index contributed by atoms with van der Waals surface area (Å²) in [5, 5.41) is 9.74. The maximum absolute atomic E-state index is 9.52. The third kappa shape index (κ3) is 2.03. The molecule has 1 aliphatic heterocycles. The molecule has 0 bridgehead atoms. The van der Waals surface area contributed by atoms with Crippen LogP contribution in [0, 0.1) is 0 Å². The standard InChI is InChI=1S/C11H15BClNO3/c1-10(2)11(3,4)17-12(16-10)7-5-14-6-8(15)9(7)13/h5-6,15H,1-4H3. The first kappa shape index (κ1) is 12.7. The third-order valence-corrected chi connectivity index (χ3v) is 3.81. The number of hydrogen-bond acceptors (Lipinski definition) is 4. The molecule has 1 fully saturated rings. The Labute approximate surface area is 106 Å². The zero-order valence-corrected chi connectivity index (χ0v) is 11.1. The summed E-state index contributed by atoms with van der Waals surface area (Å²) in [6.45, 7) is 7.82. The summed E-state index contributed by atoms with van der Waals surface area (Å²) in [7, 11) is -0.605. The van der Waals surface area contributed by atoms with E-state index in [-0.39, 0.29) is 10.8 Å². The molecular formula is C11H15BClNO3. The Kier molecular flexibility index (Phi) is 2.88. The second-order valence-electron chi connectivity index (χ2n) is 5.15. The van der Waals surface area contributed by atoms with E-state index in [0.717, 1.165) is 0 Å². The first-order valence-corrected chi connectivity index (χ1v) is 5.80. The van der Waals surface area contributed by atoms with Crippen LogP contribution >= 0.6 is 11.6 Å². The number of nitrogens with zero attached hydrogens (tertiary/aromatic N) is 1. The lowest BCUT2D eigenvalue weighted by Gasteiger charge is -2.32. The smallest absolute Gasteiger partial charge is 0.498 e. The van der Waals surface area contributed by atoms with Crippen LogP contribution < -0.4 is 5.46 Å². The molecule has 17 heavy (non-hydrogen) atoms. The lowest BCUT2D eigenvalue weighted by molar-refractivity contribution is 0.00578. The first-order valence-electron chi connectivity index (χ1n) is 5.42. The Morgan fingerprint density at radius 2 is 1.71 bits per heavy atom. The molecule has 1 N–H and O–H groups in total. The molecule has 2 rings (SSSR count). The molecule has 1 saturated heterocycles. The fourth-order valence-electron chi connectivity index (χ4n) is 1.58. The van der Waals surface area contributed by atoms with Gasteiger partial charge in [0.1, 0.15) is 0 Å². The summed E-state index contributed by atoms with van der Waals surface area (Å²) in [6, 6.07) is 0. The average Bonchev–Trinajstić information content (AvgIpc) is 2.40. The topological polar surface area (TPSA) is 51.6 Å². The van der Waals surface area contributed by atoms with Gasteiger partial charge in [-0.3, -0.25) is 4.98 Å². The predicted molar refractivity (Wildman–Crippen MR) is 66.6 cm³/mol. The van der Waals surface area contributed by atoms with E-state index >= 15 is 0 Å². The van der Waals surface area contributed by atoms with Crippen molar-refractivity contribution in [2.45, 2.75) is 38.9 Å². The molecule has 0 amide bonds. The van der Waals surface area contributed by atoms with Gasteiger partial charge in [0.2, 0.25) is 0 Å². The van der Waals surface area contributed by atoms with E-state index in [1.54, 1.807) is 6.20 Å². The first-order chi connectivity index (χ1) is 7.74. The maximum atomic E-state index is 9.52. The SMILES string of the molecule is CC1(C)OB(c2cncc(O)c2Cl)OC1(C)C. The number of hydrogen-bond donors (Lipinski definition) is 1. The Balaban J connectivity index is 2.36. The lowest BCUT2D eigenvalue weighted by atomic mass is 9.80. The highest BCUT2D eigenvalue weighted by Gasteiger charge is 2.52. The van der Waals surface area contributed by atoms with E-state index in [2.05, 4.69) is 4.98 Å². The highest BCUT2D eigenvalue weighted by molar-refractivity contribution is 6.65. The Morgan fingerprint density at radius 3 is 2.24 bits per heavy atom. The fraction of sp³-hybridized carbons (Fsp3) is 0.545. The van der Waals surface area contributed by atoms with Crippen LogP contribution in [-0.4, -0.2) is 28.4 Å². The second kappa shape index (κ2) is 3.87. The zero-order chi connectivity index (χ0) is 12.8. The zero-order valence-electron chi connectivity index (χ0n) is 10.3. The van der Waals surface area contributed by atoms with Crippen LogP contribution in [0.25, 0.3) is 0 Å². The molecule has 0 saturated carbocycles. The summed E-state index contributed by atoms with van der Waals surface area (Å²) >= 11 is 6.01. The minimum absolute atomic E-state index is 0.0705. The minimum Gasteiger partial charge on any atom is -0.505 e. The molecule has 1 aromatic heterocycles. The molecule has 0 aliphatic carbocycles. The van der Waals surface area contributed by atoms with Gasteiger partial charge in [0.15, 0.2) is 5.75 Å². The molecule has 0 atom stereocenters. The van der Waals surface area contributed by atoms with Gasteiger partial charge in [-0.2, -0.15) is 0 Å². The summed E-state index contributed by atoms with van der Waals surface area (Å²) in [4.78, 5) is 3.89. The summed E-state index contributed by atoms with van der Waals surface area (Å²) < 4.78 is 11.7. The molecule has 2 heterocycles. The Bertz CT molecular complexity index is 434. The predicted octanol–water partition coefficient (Wildman–Crippen LogP) is 1.74. The Morgan fingerprint density at radius 1 is 1.18 bits per heavy atom. The van der Waals surface area contributed by atoms with Crippen LogP contribution in [0.1, 0.15) is 27.7 Å². The molecule has 0 spiro atoms. The summed E-state index contributed by atoms with van der Waals surface area (Å²) in [5.41, 5.74) is -0.329. The number of pyridine rings is 1. The summed E-state index contributed by atoms with van der Waals surface area (Å²) in [5.74, 6) is -0.0705. The van der Waals surface area contributed by atoms with Crippen LogP contribution in [0.2, 0.25) is 5.02 Å². The number of halogens is 1. The van der Waals surface area contributed by atoms with Gasteiger partial charge >= 0.3 is 7.12 Å². The van der Waals surface area contributed by atoms with Crippen molar-refractivity contribution in [2.75, 3.05) is 0 Å². The molecule has 1 aliphatic rings. The quantitative estimate of drug-likeness (QED) is 0.777. The van der Waals surface area contributed by atoms with E-state index in [1.165, 1.54) is 6.20 Å². The van der Waals surface area contributed by atoms with Crippen molar-refractivity contribution in [3.05, 3.63) is 17.4 Å². The van der Waals surface area contributed by atoms with E-state index < -0.39 is 18.3 Å². The van der Waals surface area contributed by atoms with Crippen molar-refractivity contribution >= 4 is 24.2 Å². The van der Waals surface area contributed by atoms with Gasteiger partial charge in [-0.1, -0.05) is 11.6 Å². The normalized spacial score (nSPS) is 21.8. The van der Waals surface area contributed by atoms with Crippen molar-refractivity contribution in [1.82, 2.24) is 4.98 Å². The van der Waals surface area contributed by atoms with Gasteiger partial charge < -0.3 is 14.4 Å². The highest BCUT2D eigenvalue weighted by Crippen LogP contribution is 2.37. The molecule has 1 aromatic rings. The van der Waals surface area contributed by atoms with Gasteiger partial charge in [0, 0.05) is 11.7 Å². The van der Waals surface area contributed by atoms with Crippen LogP contribution in [0.5, 0.6) is 5.75 Å². The third-order valence-electron chi connectivity index (χ3n) is 3.40. The van der Waals surface area contributed by atoms with E-state index in [1.807, 2.05) is 27.7 Å². The van der Waals surface area contributed by atoms with Gasteiger partial charge in [0.05, 0.1) is 22.4 Å². The minimum atomic E-state index is -0.605. The number of aromatic hydroxyl groups is 1. The molecule has 6 heteroatoms. The van der Waals surface area contributed by atoms with Crippen LogP contribution in [0.15, 0.2) is 12.4 Å². The van der Waals surface area contributed by atoms with Gasteiger partial charge in [-0.05, 0) is 27.7 Å². The van der Waals surface area contributed by atoms with E-state index in [9.17, 15) is 5.11 Å². The van der Waals surface area contributed by atoms with Crippen LogP contribution in [0.3, 0.4) is 0 Å². The second-order valence-corrected chi connectivity index (χ2v) is 5.53. The molecule has 0 unspecified atom stereocenters.